The first kappa shape index (κ1) is 12.7. The van der Waals surface area contributed by atoms with Gasteiger partial charge in [-0.1, -0.05) is 0 Å². The molecule has 1 aliphatic rings. The molecule has 0 unspecified atom stereocenters. The zero-order valence-corrected chi connectivity index (χ0v) is 10.7. The van der Waals surface area contributed by atoms with Crippen LogP contribution in [0.25, 0.3) is 0 Å². The normalized spacial score (nSPS) is 26.4. The first-order valence-electron chi connectivity index (χ1n) is 5.14. The quantitative estimate of drug-likeness (QED) is 0.730. The van der Waals surface area contributed by atoms with Crippen LogP contribution in [0.3, 0.4) is 0 Å². The van der Waals surface area contributed by atoms with Crippen LogP contribution in [-0.2, 0) is 0 Å². The number of rotatable bonds is 6. The maximum absolute atomic E-state index is 9.90. The molecule has 2 atom stereocenters. The highest BCUT2D eigenvalue weighted by Gasteiger charge is 2.20. The molecule has 0 radical (unpaired) electrons. The van der Waals surface area contributed by atoms with Crippen LogP contribution in [-0.4, -0.2) is 47.3 Å². The molecule has 2 nitrogen and oxygen atoms in total. The minimum atomic E-state index is -0.550. The summed E-state index contributed by atoms with van der Waals surface area (Å²) in [7, 11) is 0. The highest BCUT2D eigenvalue weighted by molar-refractivity contribution is 7.99. The summed E-state index contributed by atoms with van der Waals surface area (Å²) < 4.78 is 0. The summed E-state index contributed by atoms with van der Waals surface area (Å²) in [6.07, 6.45) is 3.37. The molecule has 0 bridgehead atoms. The maximum Gasteiger partial charge on any atom is 0.0833 e. The van der Waals surface area contributed by atoms with Crippen molar-refractivity contribution in [1.82, 2.24) is 5.32 Å². The predicted molar refractivity (Wildman–Crippen MR) is 67.3 cm³/mol. The van der Waals surface area contributed by atoms with Gasteiger partial charge in [0.15, 0.2) is 0 Å². The van der Waals surface area contributed by atoms with Crippen molar-refractivity contribution in [1.29, 1.82) is 0 Å². The smallest absolute Gasteiger partial charge is 0.0833 e. The monoisotopic (exact) mass is 235 g/mol. The molecule has 0 amide bonds. The lowest BCUT2D eigenvalue weighted by molar-refractivity contribution is 0.0841. The van der Waals surface area contributed by atoms with Crippen LogP contribution >= 0.6 is 23.5 Å². The Morgan fingerprint density at radius 3 is 3.00 bits per heavy atom. The molecule has 1 rings (SSSR count). The van der Waals surface area contributed by atoms with Crippen molar-refractivity contribution in [3.05, 3.63) is 0 Å². The Morgan fingerprint density at radius 2 is 2.43 bits per heavy atom. The number of hydrogen-bond donors (Lipinski definition) is 2. The van der Waals surface area contributed by atoms with Crippen LogP contribution in [0.1, 0.15) is 13.3 Å². The topological polar surface area (TPSA) is 32.3 Å². The molecule has 1 aliphatic heterocycles. The van der Waals surface area contributed by atoms with E-state index in [1.54, 1.807) is 11.8 Å². The lowest BCUT2D eigenvalue weighted by Crippen LogP contribution is -2.41. The standard InChI is InChI=1S/C10H21NOS2/c1-10(12,8-13-2)7-11-5-9-3-4-14-6-9/h9,11-12H,3-8H2,1-2H3/t9-,10+/m0/s1. The molecular weight excluding hydrogens is 214 g/mol. The zero-order valence-electron chi connectivity index (χ0n) is 9.08. The van der Waals surface area contributed by atoms with Gasteiger partial charge in [-0.15, -0.1) is 0 Å². The van der Waals surface area contributed by atoms with E-state index in [-0.39, 0.29) is 0 Å². The first-order valence-corrected chi connectivity index (χ1v) is 7.69. The van der Waals surface area contributed by atoms with Crippen LogP contribution in [0.2, 0.25) is 0 Å². The maximum atomic E-state index is 9.90. The minimum Gasteiger partial charge on any atom is -0.388 e. The van der Waals surface area contributed by atoms with Crippen LogP contribution < -0.4 is 5.32 Å². The summed E-state index contributed by atoms with van der Waals surface area (Å²) in [4.78, 5) is 0. The van der Waals surface area contributed by atoms with E-state index in [1.165, 1.54) is 17.9 Å². The van der Waals surface area contributed by atoms with E-state index in [2.05, 4.69) is 5.32 Å². The summed E-state index contributed by atoms with van der Waals surface area (Å²) in [5.41, 5.74) is -0.550. The van der Waals surface area contributed by atoms with Gasteiger partial charge in [0.05, 0.1) is 5.60 Å². The van der Waals surface area contributed by atoms with Gasteiger partial charge in [0, 0.05) is 12.3 Å². The second-order valence-corrected chi connectivity index (χ2v) is 6.31. The SMILES string of the molecule is CSC[C@](C)(O)CNC[C@@H]1CCSC1. The molecule has 0 aromatic heterocycles. The molecule has 1 heterocycles. The Hall–Kier alpha value is 0.620. The van der Waals surface area contributed by atoms with E-state index < -0.39 is 5.60 Å². The molecule has 4 heteroatoms. The zero-order chi connectivity index (χ0) is 10.4. The Balaban J connectivity index is 2.07. The Kier molecular flexibility index (Phi) is 5.67. The molecule has 0 spiro atoms. The van der Waals surface area contributed by atoms with Gasteiger partial charge in [-0.3, -0.25) is 0 Å². The molecular formula is C10H21NOS2. The fourth-order valence-corrected chi connectivity index (χ4v) is 3.66. The van der Waals surface area contributed by atoms with Gasteiger partial charge < -0.3 is 10.4 Å². The summed E-state index contributed by atoms with van der Waals surface area (Å²) in [6.45, 7) is 3.69. The molecule has 0 saturated carbocycles. The van der Waals surface area contributed by atoms with Gasteiger partial charge >= 0.3 is 0 Å². The fraction of sp³-hybridized carbons (Fsp3) is 1.00. The Labute approximate surface area is 95.6 Å². The van der Waals surface area contributed by atoms with Crippen LogP contribution in [0.5, 0.6) is 0 Å². The van der Waals surface area contributed by atoms with Gasteiger partial charge in [0.25, 0.3) is 0 Å². The van der Waals surface area contributed by atoms with Crippen molar-refractivity contribution in [2.24, 2.45) is 5.92 Å². The highest BCUT2D eigenvalue weighted by Crippen LogP contribution is 2.22. The molecule has 1 fully saturated rings. The Morgan fingerprint density at radius 1 is 1.64 bits per heavy atom. The Bertz CT molecular complexity index is 158. The average Bonchev–Trinajstić information content (AvgIpc) is 2.56. The number of aliphatic hydroxyl groups is 1. The minimum absolute atomic E-state index is 0.550. The van der Waals surface area contributed by atoms with Crippen molar-refractivity contribution in [3.8, 4) is 0 Å². The number of thioether (sulfide) groups is 2. The van der Waals surface area contributed by atoms with Crippen molar-refractivity contribution < 1.29 is 5.11 Å². The molecule has 0 aromatic carbocycles. The fourth-order valence-electron chi connectivity index (χ4n) is 1.65. The van der Waals surface area contributed by atoms with Gasteiger partial charge in [0.2, 0.25) is 0 Å². The van der Waals surface area contributed by atoms with Crippen LogP contribution in [0, 0.1) is 5.92 Å². The van der Waals surface area contributed by atoms with E-state index in [0.717, 1.165) is 24.8 Å². The average molecular weight is 235 g/mol. The second kappa shape index (κ2) is 6.26. The summed E-state index contributed by atoms with van der Waals surface area (Å²) >= 11 is 3.74. The second-order valence-electron chi connectivity index (χ2n) is 4.29. The van der Waals surface area contributed by atoms with Gasteiger partial charge in [-0.25, -0.2) is 0 Å². The van der Waals surface area contributed by atoms with Crippen LogP contribution in [0.15, 0.2) is 0 Å². The molecule has 1 saturated heterocycles. The number of nitrogens with one attached hydrogen (secondary N) is 1. The predicted octanol–water partition coefficient (Wildman–Crippen LogP) is 1.44. The largest absolute Gasteiger partial charge is 0.388 e. The van der Waals surface area contributed by atoms with Crippen molar-refractivity contribution in [3.63, 3.8) is 0 Å². The summed E-state index contributed by atoms with van der Waals surface area (Å²) in [5, 5.41) is 13.3. The third-order valence-corrected chi connectivity index (χ3v) is 4.56. The van der Waals surface area contributed by atoms with E-state index >= 15 is 0 Å². The van der Waals surface area contributed by atoms with Crippen LogP contribution in [0.4, 0.5) is 0 Å². The van der Waals surface area contributed by atoms with E-state index in [1.807, 2.05) is 24.9 Å². The van der Waals surface area contributed by atoms with Gasteiger partial charge in [-0.05, 0) is 43.6 Å². The van der Waals surface area contributed by atoms with E-state index in [0.29, 0.717) is 0 Å². The highest BCUT2D eigenvalue weighted by atomic mass is 32.2. The molecule has 0 aliphatic carbocycles. The summed E-state index contributed by atoms with van der Waals surface area (Å²) in [5.74, 6) is 4.23. The van der Waals surface area contributed by atoms with Crippen molar-refractivity contribution >= 4 is 23.5 Å². The third kappa shape index (κ3) is 4.91. The lowest BCUT2D eigenvalue weighted by Gasteiger charge is -2.23. The molecule has 14 heavy (non-hydrogen) atoms. The van der Waals surface area contributed by atoms with E-state index in [9.17, 15) is 5.11 Å². The lowest BCUT2D eigenvalue weighted by atomic mass is 10.1. The van der Waals surface area contributed by atoms with Crippen molar-refractivity contribution in [2.75, 3.05) is 36.6 Å². The molecule has 84 valence electrons. The van der Waals surface area contributed by atoms with Crippen molar-refractivity contribution in [2.45, 2.75) is 18.9 Å². The first-order chi connectivity index (χ1) is 6.64. The van der Waals surface area contributed by atoms with E-state index in [4.69, 9.17) is 0 Å². The summed E-state index contributed by atoms with van der Waals surface area (Å²) in [6, 6.07) is 0. The molecule has 0 aromatic rings. The van der Waals surface area contributed by atoms with Gasteiger partial charge in [0.1, 0.15) is 0 Å². The number of hydrogen-bond acceptors (Lipinski definition) is 4. The molecule has 2 N–H and O–H groups in total. The van der Waals surface area contributed by atoms with Gasteiger partial charge in [-0.2, -0.15) is 23.5 Å². The third-order valence-electron chi connectivity index (χ3n) is 2.42.